The van der Waals surface area contributed by atoms with Crippen LogP contribution >= 0.6 is 11.6 Å². The van der Waals surface area contributed by atoms with Crippen molar-refractivity contribution in [3.05, 3.63) is 28.8 Å². The van der Waals surface area contributed by atoms with Crippen molar-refractivity contribution in [2.75, 3.05) is 18.9 Å². The number of aliphatic hydroxyl groups excluding tert-OH is 1. The van der Waals surface area contributed by atoms with Crippen LogP contribution in [0.3, 0.4) is 0 Å². The number of nitrogens with two attached hydrogens (primary N) is 1. The maximum atomic E-state index is 12.7. The number of benzene rings is 1. The monoisotopic (exact) mass is 296 g/mol. The summed E-state index contributed by atoms with van der Waals surface area (Å²) in [6, 6.07) is 5.25. The molecule has 1 saturated carbocycles. The van der Waals surface area contributed by atoms with Crippen LogP contribution in [0.1, 0.15) is 42.5 Å². The zero-order chi connectivity index (χ0) is 14.5. The van der Waals surface area contributed by atoms with Crippen molar-refractivity contribution in [3.8, 4) is 0 Å². The summed E-state index contributed by atoms with van der Waals surface area (Å²) < 4.78 is 0. The first kappa shape index (κ1) is 15.1. The lowest BCUT2D eigenvalue weighted by atomic mass is 9.93. The average molecular weight is 297 g/mol. The summed E-state index contributed by atoms with van der Waals surface area (Å²) in [6.45, 7) is 0.279. The van der Waals surface area contributed by atoms with Crippen LogP contribution in [-0.2, 0) is 0 Å². The van der Waals surface area contributed by atoms with Gasteiger partial charge in [-0.15, -0.1) is 0 Å². The van der Waals surface area contributed by atoms with Gasteiger partial charge in [0.2, 0.25) is 0 Å². The standard InChI is InChI=1S/C15H21ClN2O2/c16-12-7-4-8-13(17)14(12)15(20)18(9-10-19)11-5-2-1-3-6-11/h4,7-8,11,19H,1-3,5-6,9-10,17H2. The number of carbonyl (C=O) groups excluding carboxylic acids is 1. The van der Waals surface area contributed by atoms with E-state index in [2.05, 4.69) is 0 Å². The number of carbonyl (C=O) groups is 1. The van der Waals surface area contributed by atoms with Gasteiger partial charge in [-0.3, -0.25) is 4.79 Å². The summed E-state index contributed by atoms with van der Waals surface area (Å²) in [5.41, 5.74) is 6.64. The van der Waals surface area contributed by atoms with E-state index in [1.165, 1.54) is 6.42 Å². The van der Waals surface area contributed by atoms with Crippen LogP contribution in [0, 0.1) is 0 Å². The Balaban J connectivity index is 2.26. The molecule has 1 amide bonds. The topological polar surface area (TPSA) is 66.6 Å². The Labute approximate surface area is 124 Å². The first-order valence-corrected chi connectivity index (χ1v) is 7.48. The quantitative estimate of drug-likeness (QED) is 0.840. The first-order chi connectivity index (χ1) is 9.65. The summed E-state index contributed by atoms with van der Waals surface area (Å²) >= 11 is 6.12. The van der Waals surface area contributed by atoms with Crippen LogP contribution < -0.4 is 5.73 Å². The molecule has 0 atom stereocenters. The molecule has 0 spiro atoms. The van der Waals surface area contributed by atoms with Gasteiger partial charge in [-0.2, -0.15) is 0 Å². The van der Waals surface area contributed by atoms with Crippen molar-refractivity contribution < 1.29 is 9.90 Å². The minimum Gasteiger partial charge on any atom is -0.398 e. The molecule has 0 bridgehead atoms. The first-order valence-electron chi connectivity index (χ1n) is 7.11. The van der Waals surface area contributed by atoms with E-state index < -0.39 is 0 Å². The fraction of sp³-hybridized carbons (Fsp3) is 0.533. The highest BCUT2D eigenvalue weighted by Crippen LogP contribution is 2.28. The van der Waals surface area contributed by atoms with E-state index in [-0.39, 0.29) is 18.6 Å². The Kier molecular flexibility index (Phi) is 5.26. The number of nitrogens with zero attached hydrogens (tertiary/aromatic N) is 1. The Morgan fingerprint density at radius 1 is 1.35 bits per heavy atom. The lowest BCUT2D eigenvalue weighted by Crippen LogP contribution is -2.43. The normalized spacial score (nSPS) is 16.1. The molecule has 0 aromatic heterocycles. The van der Waals surface area contributed by atoms with Crippen LogP contribution in [0.2, 0.25) is 5.02 Å². The molecule has 4 nitrogen and oxygen atoms in total. The van der Waals surface area contributed by atoms with Crippen LogP contribution in [0.5, 0.6) is 0 Å². The van der Waals surface area contributed by atoms with Crippen LogP contribution in [0.4, 0.5) is 5.69 Å². The Morgan fingerprint density at radius 3 is 2.65 bits per heavy atom. The SMILES string of the molecule is Nc1cccc(Cl)c1C(=O)N(CCO)C1CCCCC1. The van der Waals surface area contributed by atoms with E-state index in [1.54, 1.807) is 23.1 Å². The minimum absolute atomic E-state index is 0.0490. The molecule has 0 aliphatic heterocycles. The Hall–Kier alpha value is -1.26. The predicted molar refractivity (Wildman–Crippen MR) is 80.9 cm³/mol. The van der Waals surface area contributed by atoms with Crippen LogP contribution in [-0.4, -0.2) is 35.1 Å². The summed E-state index contributed by atoms with van der Waals surface area (Å²) in [6.07, 6.45) is 5.42. The molecule has 5 heteroatoms. The average Bonchev–Trinajstić information content (AvgIpc) is 2.45. The molecular formula is C15H21ClN2O2. The lowest BCUT2D eigenvalue weighted by Gasteiger charge is -2.34. The van der Waals surface area contributed by atoms with Gasteiger partial charge in [-0.25, -0.2) is 0 Å². The predicted octanol–water partition coefficient (Wildman–Crippen LogP) is 2.69. The summed E-state index contributed by atoms with van der Waals surface area (Å²) in [5, 5.41) is 9.61. The third kappa shape index (κ3) is 3.25. The van der Waals surface area contributed by atoms with E-state index >= 15 is 0 Å². The van der Waals surface area contributed by atoms with E-state index in [0.29, 0.717) is 22.8 Å². The van der Waals surface area contributed by atoms with Gasteiger partial charge in [0.15, 0.2) is 0 Å². The second-order valence-corrected chi connectivity index (χ2v) is 5.63. The third-order valence-electron chi connectivity index (χ3n) is 3.88. The van der Waals surface area contributed by atoms with Gasteiger partial charge in [-0.05, 0) is 25.0 Å². The molecule has 110 valence electrons. The number of halogens is 1. The number of hydrogen-bond acceptors (Lipinski definition) is 3. The Morgan fingerprint density at radius 2 is 2.05 bits per heavy atom. The molecule has 1 aliphatic carbocycles. The highest BCUT2D eigenvalue weighted by molar-refractivity contribution is 6.34. The molecule has 1 aromatic carbocycles. The number of rotatable bonds is 4. The lowest BCUT2D eigenvalue weighted by molar-refractivity contribution is 0.0586. The smallest absolute Gasteiger partial charge is 0.257 e. The van der Waals surface area contributed by atoms with Gasteiger partial charge in [0.25, 0.3) is 5.91 Å². The second kappa shape index (κ2) is 6.95. The second-order valence-electron chi connectivity index (χ2n) is 5.22. The number of hydrogen-bond donors (Lipinski definition) is 2. The fourth-order valence-corrected chi connectivity index (χ4v) is 3.12. The molecule has 0 heterocycles. The van der Waals surface area contributed by atoms with Gasteiger partial charge in [0.1, 0.15) is 0 Å². The summed E-state index contributed by atoms with van der Waals surface area (Å²) in [4.78, 5) is 14.5. The fourth-order valence-electron chi connectivity index (χ4n) is 2.86. The van der Waals surface area contributed by atoms with Gasteiger partial charge in [0.05, 0.1) is 17.2 Å². The van der Waals surface area contributed by atoms with E-state index in [0.717, 1.165) is 25.7 Å². The van der Waals surface area contributed by atoms with E-state index in [9.17, 15) is 9.90 Å². The minimum atomic E-state index is -0.172. The van der Waals surface area contributed by atoms with Crippen molar-refractivity contribution in [2.24, 2.45) is 0 Å². The molecule has 0 saturated heterocycles. The highest BCUT2D eigenvalue weighted by atomic mass is 35.5. The maximum absolute atomic E-state index is 12.7. The van der Waals surface area contributed by atoms with Gasteiger partial charge < -0.3 is 15.7 Å². The number of nitrogen functional groups attached to an aromatic ring is 1. The molecule has 1 aromatic rings. The largest absolute Gasteiger partial charge is 0.398 e. The Bertz CT molecular complexity index is 453. The molecule has 1 fully saturated rings. The number of anilines is 1. The number of aliphatic hydroxyl groups is 1. The van der Waals surface area contributed by atoms with Crippen LogP contribution in [0.15, 0.2) is 18.2 Å². The van der Waals surface area contributed by atoms with Crippen molar-refractivity contribution in [2.45, 2.75) is 38.1 Å². The molecule has 3 N–H and O–H groups in total. The van der Waals surface area contributed by atoms with E-state index in [4.69, 9.17) is 17.3 Å². The number of amides is 1. The molecular weight excluding hydrogens is 276 g/mol. The molecule has 1 aliphatic rings. The molecule has 0 unspecified atom stereocenters. The van der Waals surface area contributed by atoms with Gasteiger partial charge in [-0.1, -0.05) is 36.9 Å². The van der Waals surface area contributed by atoms with Crippen molar-refractivity contribution >= 4 is 23.2 Å². The van der Waals surface area contributed by atoms with E-state index in [1.807, 2.05) is 0 Å². The maximum Gasteiger partial charge on any atom is 0.257 e. The molecule has 2 rings (SSSR count). The van der Waals surface area contributed by atoms with Gasteiger partial charge >= 0.3 is 0 Å². The highest BCUT2D eigenvalue weighted by Gasteiger charge is 2.28. The zero-order valence-electron chi connectivity index (χ0n) is 11.5. The zero-order valence-corrected chi connectivity index (χ0v) is 12.3. The molecule has 0 radical (unpaired) electrons. The molecule has 20 heavy (non-hydrogen) atoms. The van der Waals surface area contributed by atoms with Crippen LogP contribution in [0.25, 0.3) is 0 Å². The summed E-state index contributed by atoms with van der Waals surface area (Å²) in [5.74, 6) is -0.172. The third-order valence-corrected chi connectivity index (χ3v) is 4.19. The van der Waals surface area contributed by atoms with Gasteiger partial charge in [0, 0.05) is 18.3 Å². The van der Waals surface area contributed by atoms with Crippen molar-refractivity contribution in [1.82, 2.24) is 4.90 Å². The van der Waals surface area contributed by atoms with Crippen molar-refractivity contribution in [3.63, 3.8) is 0 Å². The van der Waals surface area contributed by atoms with Crippen molar-refractivity contribution in [1.29, 1.82) is 0 Å². The summed E-state index contributed by atoms with van der Waals surface area (Å²) in [7, 11) is 0.